The summed E-state index contributed by atoms with van der Waals surface area (Å²) in [6.07, 6.45) is -0.388. The predicted octanol–water partition coefficient (Wildman–Crippen LogP) is 5.73. The third-order valence-electron chi connectivity index (χ3n) is 5.76. The van der Waals surface area contributed by atoms with Crippen LogP contribution in [0.25, 0.3) is 0 Å². The molecule has 0 saturated carbocycles. The van der Waals surface area contributed by atoms with Crippen molar-refractivity contribution in [2.75, 3.05) is 13.2 Å². The van der Waals surface area contributed by atoms with Crippen LogP contribution in [0.3, 0.4) is 0 Å². The van der Waals surface area contributed by atoms with E-state index in [4.69, 9.17) is 32.7 Å². The molecule has 0 aliphatic carbocycles. The Kier molecular flexibility index (Phi) is 6.20. The lowest BCUT2D eigenvalue weighted by molar-refractivity contribution is -0.144. The summed E-state index contributed by atoms with van der Waals surface area (Å²) in [5, 5.41) is 12.1. The highest BCUT2D eigenvalue weighted by atomic mass is 35.5. The van der Waals surface area contributed by atoms with Gasteiger partial charge < -0.3 is 19.5 Å². The van der Waals surface area contributed by atoms with E-state index in [1.54, 1.807) is 23.1 Å². The summed E-state index contributed by atoms with van der Waals surface area (Å²) in [6.45, 7) is 0.578. The van der Waals surface area contributed by atoms with Crippen LogP contribution in [-0.4, -0.2) is 33.5 Å². The maximum absolute atomic E-state index is 12.8. The van der Waals surface area contributed by atoms with Gasteiger partial charge in [-0.2, -0.15) is 0 Å². The van der Waals surface area contributed by atoms with E-state index < -0.39 is 22.0 Å². The Labute approximate surface area is 204 Å². The summed E-state index contributed by atoms with van der Waals surface area (Å²) >= 11 is 12.2. The zero-order chi connectivity index (χ0) is 23.0. The SMILES string of the molecule is O=S1C=C(O)N(CC2COC(c3ccccc3)(c3ccccc3)O2)C1c1ccc(Cl)c(Cl)c1. The molecular weight excluding hydrogens is 481 g/mol. The molecule has 33 heavy (non-hydrogen) atoms. The van der Waals surface area contributed by atoms with Gasteiger partial charge in [0.05, 0.1) is 39.4 Å². The minimum absolute atomic E-state index is 0.0649. The van der Waals surface area contributed by atoms with Crippen molar-refractivity contribution in [1.82, 2.24) is 4.90 Å². The quantitative estimate of drug-likeness (QED) is 0.483. The van der Waals surface area contributed by atoms with Gasteiger partial charge in [0.25, 0.3) is 0 Å². The van der Waals surface area contributed by atoms with E-state index in [1.807, 2.05) is 60.7 Å². The molecule has 1 N–H and O–H groups in total. The Bertz CT molecular complexity index is 1170. The number of rotatable bonds is 5. The second-order valence-corrected chi connectivity index (χ2v) is 10.0. The van der Waals surface area contributed by atoms with Crippen molar-refractivity contribution in [2.24, 2.45) is 0 Å². The molecule has 0 spiro atoms. The molecule has 5 rings (SSSR count). The molecule has 1 saturated heterocycles. The van der Waals surface area contributed by atoms with Crippen LogP contribution >= 0.6 is 23.2 Å². The van der Waals surface area contributed by atoms with E-state index in [2.05, 4.69) is 0 Å². The van der Waals surface area contributed by atoms with Crippen molar-refractivity contribution in [3.8, 4) is 0 Å². The van der Waals surface area contributed by atoms with E-state index in [0.29, 0.717) is 22.2 Å². The molecule has 8 heteroatoms. The first-order chi connectivity index (χ1) is 16.0. The monoisotopic (exact) mass is 501 g/mol. The van der Waals surface area contributed by atoms with Crippen molar-refractivity contribution in [3.05, 3.63) is 117 Å². The standard InChI is InChI=1S/C25H21Cl2NO4S/c26-21-12-11-17(13-22(21)27)24-28(23(29)16-33(24)30)14-20-15-31-25(32-20,18-7-3-1-4-8-18)19-9-5-2-6-10-19/h1-13,16,20,24,29H,14-15H2. The topological polar surface area (TPSA) is 59.0 Å². The van der Waals surface area contributed by atoms with Gasteiger partial charge in [0, 0.05) is 11.1 Å². The van der Waals surface area contributed by atoms with Gasteiger partial charge in [-0.25, -0.2) is 0 Å². The number of aliphatic hydroxyl groups is 1. The molecule has 0 amide bonds. The van der Waals surface area contributed by atoms with Crippen molar-refractivity contribution in [3.63, 3.8) is 0 Å². The summed E-state index contributed by atoms with van der Waals surface area (Å²) in [6, 6.07) is 24.6. The zero-order valence-electron chi connectivity index (χ0n) is 17.4. The number of hydrogen-bond acceptors (Lipinski definition) is 5. The van der Waals surface area contributed by atoms with E-state index in [1.165, 1.54) is 5.41 Å². The molecule has 0 bridgehead atoms. The molecule has 1 fully saturated rings. The zero-order valence-corrected chi connectivity index (χ0v) is 19.8. The van der Waals surface area contributed by atoms with Crippen LogP contribution in [0.4, 0.5) is 0 Å². The Morgan fingerprint density at radius 2 is 1.61 bits per heavy atom. The Balaban J connectivity index is 1.44. The number of ether oxygens (including phenoxy) is 2. The highest BCUT2D eigenvalue weighted by molar-refractivity contribution is 7.88. The van der Waals surface area contributed by atoms with Crippen LogP contribution < -0.4 is 0 Å². The van der Waals surface area contributed by atoms with Gasteiger partial charge in [-0.1, -0.05) is 89.9 Å². The molecular formula is C25H21Cl2NO4S. The van der Waals surface area contributed by atoms with Crippen LogP contribution in [0.1, 0.15) is 22.1 Å². The van der Waals surface area contributed by atoms with Crippen molar-refractivity contribution in [2.45, 2.75) is 17.3 Å². The third-order valence-corrected chi connectivity index (χ3v) is 7.91. The van der Waals surface area contributed by atoms with E-state index in [9.17, 15) is 9.32 Å². The average Bonchev–Trinajstić information content (AvgIpc) is 3.38. The normalized spacial score (nSPS) is 24.1. The van der Waals surface area contributed by atoms with Gasteiger partial charge in [0.2, 0.25) is 5.79 Å². The Morgan fingerprint density at radius 3 is 2.21 bits per heavy atom. The minimum Gasteiger partial charge on any atom is -0.494 e. The van der Waals surface area contributed by atoms with Gasteiger partial charge in [-0.05, 0) is 17.7 Å². The Morgan fingerprint density at radius 1 is 0.970 bits per heavy atom. The second-order valence-electron chi connectivity index (χ2n) is 7.88. The van der Waals surface area contributed by atoms with E-state index >= 15 is 0 Å². The fraction of sp³-hybridized carbons (Fsp3) is 0.200. The molecule has 3 atom stereocenters. The maximum Gasteiger partial charge on any atom is 0.222 e. The molecule has 3 aromatic rings. The molecule has 0 aromatic heterocycles. The average molecular weight is 502 g/mol. The summed E-state index contributed by atoms with van der Waals surface area (Å²) < 4.78 is 25.7. The molecule has 170 valence electrons. The fourth-order valence-corrected chi connectivity index (χ4v) is 5.90. The number of hydrogen-bond donors (Lipinski definition) is 1. The van der Waals surface area contributed by atoms with Crippen molar-refractivity contribution in [1.29, 1.82) is 0 Å². The van der Waals surface area contributed by atoms with Crippen LogP contribution in [0, 0.1) is 0 Å². The summed E-state index contributed by atoms with van der Waals surface area (Å²) in [7, 11) is -1.46. The number of halogens is 2. The Hall–Kier alpha value is -2.35. The lowest BCUT2D eigenvalue weighted by Gasteiger charge is -2.31. The lowest BCUT2D eigenvalue weighted by Crippen LogP contribution is -2.36. The molecule has 5 nitrogen and oxygen atoms in total. The lowest BCUT2D eigenvalue weighted by atomic mass is 9.97. The first-order valence-electron chi connectivity index (χ1n) is 10.4. The number of aliphatic hydroxyl groups excluding tert-OH is 1. The van der Waals surface area contributed by atoms with Gasteiger partial charge in [-0.3, -0.25) is 4.21 Å². The predicted molar refractivity (Wildman–Crippen MR) is 129 cm³/mol. The van der Waals surface area contributed by atoms with E-state index in [-0.39, 0.29) is 18.5 Å². The summed E-state index contributed by atoms with van der Waals surface area (Å²) in [4.78, 5) is 1.66. The molecule has 3 aromatic carbocycles. The number of benzene rings is 3. The maximum atomic E-state index is 12.8. The molecule has 3 unspecified atom stereocenters. The first-order valence-corrected chi connectivity index (χ1v) is 12.5. The number of nitrogens with zero attached hydrogens (tertiary/aromatic N) is 1. The minimum atomic E-state index is -1.46. The highest BCUT2D eigenvalue weighted by Gasteiger charge is 2.46. The highest BCUT2D eigenvalue weighted by Crippen LogP contribution is 2.42. The van der Waals surface area contributed by atoms with Crippen LogP contribution in [0.15, 0.2) is 90.2 Å². The molecule has 2 aliphatic rings. The van der Waals surface area contributed by atoms with Gasteiger partial charge in [-0.15, -0.1) is 0 Å². The summed E-state index contributed by atoms with van der Waals surface area (Å²) in [5.74, 6) is -1.13. The summed E-state index contributed by atoms with van der Waals surface area (Å²) in [5.41, 5.74) is 2.45. The fourth-order valence-electron chi connectivity index (χ4n) is 4.26. The second kappa shape index (κ2) is 9.12. The van der Waals surface area contributed by atoms with E-state index in [0.717, 1.165) is 11.1 Å². The third kappa shape index (κ3) is 4.18. The van der Waals surface area contributed by atoms with Crippen LogP contribution in [0.2, 0.25) is 10.0 Å². The molecule has 2 heterocycles. The van der Waals surface area contributed by atoms with Gasteiger partial charge in [0.15, 0.2) is 5.88 Å². The largest absolute Gasteiger partial charge is 0.494 e. The van der Waals surface area contributed by atoms with Gasteiger partial charge in [0.1, 0.15) is 11.5 Å². The smallest absolute Gasteiger partial charge is 0.222 e. The van der Waals surface area contributed by atoms with Crippen molar-refractivity contribution < 1.29 is 18.8 Å². The first kappa shape index (κ1) is 22.4. The van der Waals surface area contributed by atoms with Crippen LogP contribution in [0.5, 0.6) is 0 Å². The molecule has 2 aliphatic heterocycles. The van der Waals surface area contributed by atoms with Gasteiger partial charge >= 0.3 is 0 Å². The van der Waals surface area contributed by atoms with Crippen molar-refractivity contribution >= 4 is 34.0 Å². The molecule has 0 radical (unpaired) electrons. The van der Waals surface area contributed by atoms with Crippen LogP contribution in [-0.2, 0) is 26.1 Å².